The zero-order valence-electron chi connectivity index (χ0n) is 8.60. The summed E-state index contributed by atoms with van der Waals surface area (Å²) in [6.07, 6.45) is 2.62. The summed E-state index contributed by atoms with van der Waals surface area (Å²) in [7, 11) is 0. The molecule has 2 N–H and O–H groups in total. The Bertz CT molecular complexity index is 380. The maximum atomic E-state index is 5.63. The van der Waals surface area contributed by atoms with Crippen LogP contribution in [0.1, 0.15) is 23.7 Å². The normalized spacial score (nSPS) is 12.6. The van der Waals surface area contributed by atoms with E-state index in [1.165, 1.54) is 5.56 Å². The van der Waals surface area contributed by atoms with Crippen molar-refractivity contribution in [2.45, 2.75) is 12.3 Å². The lowest BCUT2D eigenvalue weighted by atomic mass is 9.93. The Morgan fingerprint density at radius 1 is 1.07 bits per heavy atom. The van der Waals surface area contributed by atoms with Crippen LogP contribution in [0.15, 0.2) is 53.1 Å². The van der Waals surface area contributed by atoms with E-state index in [0.29, 0.717) is 6.54 Å². The molecule has 1 aromatic heterocycles. The predicted octanol–water partition coefficient (Wildman–Crippen LogP) is 2.76. The second-order valence-electron chi connectivity index (χ2n) is 3.56. The maximum Gasteiger partial charge on any atom is 0.111 e. The van der Waals surface area contributed by atoms with Gasteiger partial charge >= 0.3 is 0 Å². The van der Waals surface area contributed by atoms with Crippen LogP contribution in [0, 0.1) is 0 Å². The molecule has 2 aromatic rings. The zero-order chi connectivity index (χ0) is 10.5. The summed E-state index contributed by atoms with van der Waals surface area (Å²) in [5, 5.41) is 0. The molecule has 1 atom stereocenters. The number of hydrogen-bond acceptors (Lipinski definition) is 2. The second-order valence-corrected chi connectivity index (χ2v) is 3.56. The Morgan fingerprint density at radius 2 is 1.87 bits per heavy atom. The maximum absolute atomic E-state index is 5.63. The third-order valence-electron chi connectivity index (χ3n) is 2.54. The Kier molecular flexibility index (Phi) is 3.20. The fourth-order valence-corrected chi connectivity index (χ4v) is 1.81. The summed E-state index contributed by atoms with van der Waals surface area (Å²) in [6, 6.07) is 14.3. The van der Waals surface area contributed by atoms with Crippen LogP contribution in [0.2, 0.25) is 0 Å². The monoisotopic (exact) mass is 201 g/mol. The molecule has 0 bridgehead atoms. The fraction of sp³-hybridized carbons (Fsp3) is 0.231. The first-order chi connectivity index (χ1) is 7.42. The van der Waals surface area contributed by atoms with E-state index in [-0.39, 0.29) is 5.92 Å². The van der Waals surface area contributed by atoms with Gasteiger partial charge in [0.25, 0.3) is 0 Å². The highest BCUT2D eigenvalue weighted by Gasteiger charge is 2.15. The highest BCUT2D eigenvalue weighted by atomic mass is 16.3. The van der Waals surface area contributed by atoms with Crippen molar-refractivity contribution in [2.75, 3.05) is 6.54 Å². The van der Waals surface area contributed by atoms with Crippen molar-refractivity contribution in [1.29, 1.82) is 0 Å². The summed E-state index contributed by atoms with van der Waals surface area (Å²) in [6.45, 7) is 0.667. The van der Waals surface area contributed by atoms with E-state index in [1.54, 1.807) is 6.26 Å². The first kappa shape index (κ1) is 9.99. The van der Waals surface area contributed by atoms with Crippen LogP contribution in [0.3, 0.4) is 0 Å². The first-order valence-electron chi connectivity index (χ1n) is 5.20. The van der Waals surface area contributed by atoms with Gasteiger partial charge in [0.05, 0.1) is 6.26 Å². The van der Waals surface area contributed by atoms with Gasteiger partial charge in [-0.2, -0.15) is 0 Å². The van der Waals surface area contributed by atoms with Gasteiger partial charge in [-0.05, 0) is 30.7 Å². The van der Waals surface area contributed by atoms with Crippen molar-refractivity contribution in [1.82, 2.24) is 0 Å². The van der Waals surface area contributed by atoms with E-state index in [2.05, 4.69) is 12.1 Å². The molecular formula is C13H15NO. The highest BCUT2D eigenvalue weighted by molar-refractivity contribution is 5.27. The third kappa shape index (κ3) is 2.28. The van der Waals surface area contributed by atoms with Gasteiger partial charge in [0.15, 0.2) is 0 Å². The van der Waals surface area contributed by atoms with Gasteiger partial charge in [0.1, 0.15) is 5.76 Å². The van der Waals surface area contributed by atoms with E-state index >= 15 is 0 Å². The second kappa shape index (κ2) is 4.80. The minimum atomic E-state index is 0.284. The van der Waals surface area contributed by atoms with Crippen molar-refractivity contribution >= 4 is 0 Å². The predicted molar refractivity (Wildman–Crippen MR) is 60.7 cm³/mol. The summed E-state index contributed by atoms with van der Waals surface area (Å²) in [5.74, 6) is 1.28. The number of hydrogen-bond donors (Lipinski definition) is 1. The van der Waals surface area contributed by atoms with Crippen LogP contribution < -0.4 is 5.73 Å². The van der Waals surface area contributed by atoms with Crippen molar-refractivity contribution in [3.63, 3.8) is 0 Å². The topological polar surface area (TPSA) is 39.2 Å². The Balaban J connectivity index is 2.28. The molecule has 1 heterocycles. The Labute approximate surface area is 89.7 Å². The molecule has 1 aromatic carbocycles. The average molecular weight is 201 g/mol. The van der Waals surface area contributed by atoms with Gasteiger partial charge in [-0.3, -0.25) is 0 Å². The lowest BCUT2D eigenvalue weighted by molar-refractivity contribution is 0.476. The van der Waals surface area contributed by atoms with Crippen molar-refractivity contribution in [3.05, 3.63) is 60.1 Å². The molecule has 0 aliphatic heterocycles. The molecule has 0 aliphatic rings. The molecule has 0 saturated carbocycles. The Hall–Kier alpha value is -1.54. The molecule has 15 heavy (non-hydrogen) atoms. The Morgan fingerprint density at radius 3 is 2.47 bits per heavy atom. The van der Waals surface area contributed by atoms with Gasteiger partial charge in [-0.25, -0.2) is 0 Å². The molecule has 0 aliphatic carbocycles. The SMILES string of the molecule is NCC[C@H](c1ccccc1)c1ccco1. The lowest BCUT2D eigenvalue weighted by Crippen LogP contribution is -2.08. The molecular weight excluding hydrogens is 186 g/mol. The van der Waals surface area contributed by atoms with Crippen LogP contribution >= 0.6 is 0 Å². The van der Waals surface area contributed by atoms with Gasteiger partial charge in [-0.1, -0.05) is 30.3 Å². The molecule has 2 rings (SSSR count). The minimum Gasteiger partial charge on any atom is -0.469 e. The first-order valence-corrected chi connectivity index (χ1v) is 5.20. The van der Waals surface area contributed by atoms with Crippen LogP contribution in [-0.2, 0) is 0 Å². The number of furan rings is 1. The van der Waals surface area contributed by atoms with Crippen LogP contribution in [-0.4, -0.2) is 6.54 Å². The van der Waals surface area contributed by atoms with E-state index in [0.717, 1.165) is 12.2 Å². The minimum absolute atomic E-state index is 0.284. The number of nitrogens with two attached hydrogens (primary N) is 1. The van der Waals surface area contributed by atoms with Crippen molar-refractivity contribution < 1.29 is 4.42 Å². The van der Waals surface area contributed by atoms with Gasteiger partial charge in [0.2, 0.25) is 0 Å². The summed E-state index contributed by atoms with van der Waals surface area (Å²) in [4.78, 5) is 0. The molecule has 2 heteroatoms. The van der Waals surface area contributed by atoms with E-state index < -0.39 is 0 Å². The summed E-state index contributed by atoms with van der Waals surface area (Å²) < 4.78 is 5.45. The smallest absolute Gasteiger partial charge is 0.111 e. The standard InChI is InChI=1S/C13H15NO/c14-9-8-12(13-7-4-10-15-13)11-5-2-1-3-6-11/h1-7,10,12H,8-9,14H2/t12-/m1/s1. The number of rotatable bonds is 4. The zero-order valence-corrected chi connectivity index (χ0v) is 8.60. The summed E-state index contributed by atoms with van der Waals surface area (Å²) in [5.41, 5.74) is 6.89. The lowest BCUT2D eigenvalue weighted by Gasteiger charge is -2.13. The van der Waals surface area contributed by atoms with E-state index in [1.807, 2.05) is 30.3 Å². The summed E-state index contributed by atoms with van der Waals surface area (Å²) >= 11 is 0. The van der Waals surface area contributed by atoms with E-state index in [4.69, 9.17) is 10.2 Å². The largest absolute Gasteiger partial charge is 0.469 e. The molecule has 0 radical (unpaired) electrons. The molecule has 0 spiro atoms. The van der Waals surface area contributed by atoms with Crippen molar-refractivity contribution in [3.8, 4) is 0 Å². The highest BCUT2D eigenvalue weighted by Crippen LogP contribution is 2.27. The quantitative estimate of drug-likeness (QED) is 0.826. The molecule has 0 saturated heterocycles. The fourth-order valence-electron chi connectivity index (χ4n) is 1.81. The van der Waals surface area contributed by atoms with E-state index in [9.17, 15) is 0 Å². The van der Waals surface area contributed by atoms with Gasteiger partial charge in [0, 0.05) is 5.92 Å². The third-order valence-corrected chi connectivity index (χ3v) is 2.54. The van der Waals surface area contributed by atoms with Crippen LogP contribution in [0.25, 0.3) is 0 Å². The van der Waals surface area contributed by atoms with Gasteiger partial charge < -0.3 is 10.2 Å². The van der Waals surface area contributed by atoms with Gasteiger partial charge in [-0.15, -0.1) is 0 Å². The average Bonchev–Trinajstić information content (AvgIpc) is 2.80. The van der Waals surface area contributed by atoms with Crippen LogP contribution in [0.5, 0.6) is 0 Å². The number of benzene rings is 1. The van der Waals surface area contributed by atoms with Crippen LogP contribution in [0.4, 0.5) is 0 Å². The van der Waals surface area contributed by atoms with Crippen molar-refractivity contribution in [2.24, 2.45) is 5.73 Å². The molecule has 2 nitrogen and oxygen atoms in total. The molecule has 0 amide bonds. The molecule has 78 valence electrons. The molecule has 0 unspecified atom stereocenters. The molecule has 0 fully saturated rings.